The molecule has 4 heteroatoms. The lowest BCUT2D eigenvalue weighted by molar-refractivity contribution is 0.606. The van der Waals surface area contributed by atoms with Gasteiger partial charge in [0.05, 0.1) is 0 Å². The van der Waals surface area contributed by atoms with Crippen LogP contribution in [-0.4, -0.2) is 8.42 Å². The molecule has 0 unspecified atom stereocenters. The van der Waals surface area contributed by atoms with Crippen LogP contribution in [0.2, 0.25) is 0 Å². The van der Waals surface area contributed by atoms with Gasteiger partial charge in [-0.2, -0.15) is 0 Å². The van der Waals surface area contributed by atoms with E-state index in [9.17, 15) is 8.42 Å². The third kappa shape index (κ3) is 3.79. The van der Waals surface area contributed by atoms with Crippen LogP contribution in [0, 0.1) is 0 Å². The van der Waals surface area contributed by atoms with Crippen molar-refractivity contribution in [2.45, 2.75) is 26.7 Å². The average molecular weight is 239 g/mol. The zero-order valence-electron chi connectivity index (χ0n) is 9.77. The average Bonchev–Trinajstić information content (AvgIpc) is 2.15. The highest BCUT2D eigenvalue weighted by Gasteiger charge is 2.03. The molecule has 1 aromatic carbocycles. The second-order valence-electron chi connectivity index (χ2n) is 4.17. The maximum absolute atomic E-state index is 10.9. The fourth-order valence-electron chi connectivity index (χ4n) is 1.45. The zero-order valence-corrected chi connectivity index (χ0v) is 10.6. The minimum atomic E-state index is -3.56. The number of hydrogen-bond donors (Lipinski definition) is 1. The molecule has 0 atom stereocenters. The van der Waals surface area contributed by atoms with Crippen LogP contribution in [0.3, 0.4) is 0 Å². The Kier molecular flexibility index (Phi) is 3.88. The molecule has 0 fully saturated rings. The van der Waals surface area contributed by atoms with E-state index in [1.807, 2.05) is 24.3 Å². The van der Waals surface area contributed by atoms with Gasteiger partial charge in [0.1, 0.15) is 0 Å². The highest BCUT2D eigenvalue weighted by molar-refractivity contribution is 7.92. The molecule has 1 aromatic rings. The first-order valence-corrected chi connectivity index (χ1v) is 6.72. The van der Waals surface area contributed by atoms with E-state index in [0.717, 1.165) is 11.0 Å². The van der Waals surface area contributed by atoms with Crippen LogP contribution < -0.4 is 5.14 Å². The van der Waals surface area contributed by atoms with Crippen LogP contribution in [0.25, 0.3) is 5.57 Å². The first-order valence-electron chi connectivity index (χ1n) is 5.11. The summed E-state index contributed by atoms with van der Waals surface area (Å²) in [7, 11) is -3.56. The normalized spacial score (nSPS) is 13.2. The number of benzene rings is 1. The number of nitrogens with two attached hydrogens (primary N) is 1. The first kappa shape index (κ1) is 12.9. The Morgan fingerprint density at radius 3 is 2.12 bits per heavy atom. The van der Waals surface area contributed by atoms with Crippen LogP contribution in [0.15, 0.2) is 29.7 Å². The lowest BCUT2D eigenvalue weighted by Crippen LogP contribution is -2.07. The van der Waals surface area contributed by atoms with Gasteiger partial charge < -0.3 is 0 Å². The highest BCUT2D eigenvalue weighted by atomic mass is 32.2. The van der Waals surface area contributed by atoms with Gasteiger partial charge in [-0.1, -0.05) is 38.1 Å². The molecule has 0 aliphatic heterocycles. The first-order chi connectivity index (χ1) is 7.29. The van der Waals surface area contributed by atoms with E-state index in [1.165, 1.54) is 5.56 Å². The Bertz CT molecular complexity index is 484. The SMILES string of the molecule is C/C(=C\S(N)(=O)=O)c1ccc(C(C)C)cc1. The van der Waals surface area contributed by atoms with E-state index in [0.29, 0.717) is 11.5 Å². The largest absolute Gasteiger partial charge is 0.231 e. The number of sulfonamides is 1. The van der Waals surface area contributed by atoms with Gasteiger partial charge in [0.15, 0.2) is 0 Å². The van der Waals surface area contributed by atoms with E-state index >= 15 is 0 Å². The molecule has 0 amide bonds. The summed E-state index contributed by atoms with van der Waals surface area (Å²) in [4.78, 5) is 0. The molecule has 0 bridgehead atoms. The lowest BCUT2D eigenvalue weighted by atomic mass is 10.00. The van der Waals surface area contributed by atoms with Crippen molar-refractivity contribution in [3.8, 4) is 0 Å². The van der Waals surface area contributed by atoms with Crippen molar-refractivity contribution in [3.63, 3.8) is 0 Å². The maximum atomic E-state index is 10.9. The molecule has 0 spiro atoms. The summed E-state index contributed by atoms with van der Waals surface area (Å²) >= 11 is 0. The molecular weight excluding hydrogens is 222 g/mol. The Hall–Kier alpha value is -1.13. The standard InChI is InChI=1S/C12H17NO2S/c1-9(2)11-4-6-12(7-5-11)10(3)8-16(13,14)15/h4-9H,1-3H3,(H2,13,14,15)/b10-8+. The Morgan fingerprint density at radius 2 is 1.75 bits per heavy atom. The zero-order chi connectivity index (χ0) is 12.3. The molecule has 0 saturated heterocycles. The molecule has 0 aromatic heterocycles. The molecule has 3 nitrogen and oxygen atoms in total. The van der Waals surface area contributed by atoms with Gasteiger partial charge in [-0.15, -0.1) is 0 Å². The summed E-state index contributed by atoms with van der Waals surface area (Å²) in [5, 5.41) is 6.03. The molecule has 88 valence electrons. The summed E-state index contributed by atoms with van der Waals surface area (Å²) < 4.78 is 21.8. The van der Waals surface area contributed by atoms with Crippen LogP contribution in [-0.2, 0) is 10.0 Å². The van der Waals surface area contributed by atoms with Crippen LogP contribution in [0.5, 0.6) is 0 Å². The smallest absolute Gasteiger partial charge is 0.225 e. The van der Waals surface area contributed by atoms with Gasteiger partial charge in [0.2, 0.25) is 10.0 Å². The van der Waals surface area contributed by atoms with Crippen molar-refractivity contribution < 1.29 is 8.42 Å². The third-order valence-corrected chi connectivity index (χ3v) is 3.06. The number of hydrogen-bond acceptors (Lipinski definition) is 2. The predicted molar refractivity (Wildman–Crippen MR) is 67.3 cm³/mol. The molecule has 16 heavy (non-hydrogen) atoms. The van der Waals surface area contributed by atoms with Crippen LogP contribution in [0.1, 0.15) is 37.8 Å². The van der Waals surface area contributed by atoms with E-state index in [4.69, 9.17) is 5.14 Å². The molecular formula is C12H17NO2S. The fraction of sp³-hybridized carbons (Fsp3) is 0.333. The third-order valence-electron chi connectivity index (χ3n) is 2.37. The molecule has 2 N–H and O–H groups in total. The molecule has 0 heterocycles. The van der Waals surface area contributed by atoms with Gasteiger partial charge in [0, 0.05) is 5.41 Å². The van der Waals surface area contributed by atoms with Gasteiger partial charge in [-0.3, -0.25) is 0 Å². The highest BCUT2D eigenvalue weighted by Crippen LogP contribution is 2.19. The van der Waals surface area contributed by atoms with Gasteiger partial charge in [-0.05, 0) is 29.5 Å². The topological polar surface area (TPSA) is 60.2 Å². The Balaban J connectivity index is 3.03. The van der Waals surface area contributed by atoms with Gasteiger partial charge in [0.25, 0.3) is 0 Å². The monoisotopic (exact) mass is 239 g/mol. The second kappa shape index (κ2) is 4.80. The minimum absolute atomic E-state index is 0.469. The lowest BCUT2D eigenvalue weighted by Gasteiger charge is -2.06. The predicted octanol–water partition coefficient (Wildman–Crippen LogP) is 2.46. The molecule has 0 saturated carbocycles. The number of rotatable bonds is 3. The second-order valence-corrected chi connectivity index (χ2v) is 5.58. The summed E-state index contributed by atoms with van der Waals surface area (Å²) in [6.45, 7) is 5.96. The van der Waals surface area contributed by atoms with Crippen LogP contribution >= 0.6 is 0 Å². The molecule has 1 rings (SSSR count). The van der Waals surface area contributed by atoms with E-state index in [2.05, 4.69) is 13.8 Å². The van der Waals surface area contributed by atoms with Crippen molar-refractivity contribution in [1.29, 1.82) is 0 Å². The van der Waals surface area contributed by atoms with E-state index in [-0.39, 0.29) is 0 Å². The molecule has 0 aliphatic carbocycles. The van der Waals surface area contributed by atoms with Crippen molar-refractivity contribution in [2.75, 3.05) is 0 Å². The Morgan fingerprint density at radius 1 is 1.25 bits per heavy atom. The summed E-state index contributed by atoms with van der Waals surface area (Å²) in [5.74, 6) is 0.469. The molecule has 0 radical (unpaired) electrons. The van der Waals surface area contributed by atoms with Crippen molar-refractivity contribution in [3.05, 3.63) is 40.8 Å². The van der Waals surface area contributed by atoms with Gasteiger partial charge in [-0.25, -0.2) is 13.6 Å². The van der Waals surface area contributed by atoms with Crippen molar-refractivity contribution in [2.24, 2.45) is 5.14 Å². The van der Waals surface area contributed by atoms with Gasteiger partial charge >= 0.3 is 0 Å². The van der Waals surface area contributed by atoms with E-state index in [1.54, 1.807) is 6.92 Å². The summed E-state index contributed by atoms with van der Waals surface area (Å²) in [6, 6.07) is 7.82. The number of allylic oxidation sites excluding steroid dienone is 1. The maximum Gasteiger partial charge on any atom is 0.231 e. The summed E-state index contributed by atoms with van der Waals surface area (Å²) in [6.07, 6.45) is 0. The molecule has 0 aliphatic rings. The minimum Gasteiger partial charge on any atom is -0.225 e. The van der Waals surface area contributed by atoms with E-state index < -0.39 is 10.0 Å². The van der Waals surface area contributed by atoms with Crippen molar-refractivity contribution in [1.82, 2.24) is 0 Å². The quantitative estimate of drug-likeness (QED) is 0.880. The fourth-order valence-corrected chi connectivity index (χ4v) is 2.07. The number of primary sulfonamides is 1. The Labute approximate surface area is 97.0 Å². The summed E-state index contributed by atoms with van der Waals surface area (Å²) in [5.41, 5.74) is 2.75. The van der Waals surface area contributed by atoms with Crippen LogP contribution in [0.4, 0.5) is 0 Å². The van der Waals surface area contributed by atoms with Crippen molar-refractivity contribution >= 4 is 15.6 Å².